The number of halogens is 1. The van der Waals surface area contributed by atoms with Crippen LogP contribution in [0, 0.1) is 23.6 Å². The van der Waals surface area contributed by atoms with Gasteiger partial charge in [-0.1, -0.05) is 67.4 Å². The molecule has 0 N–H and O–H groups in total. The Kier molecular flexibility index (Phi) is 10.4. The summed E-state index contributed by atoms with van der Waals surface area (Å²) in [4.78, 5) is 0. The number of hydrogen-bond acceptors (Lipinski definition) is 1. The van der Waals surface area contributed by atoms with Crippen LogP contribution in [0.25, 0.3) is 0 Å². The van der Waals surface area contributed by atoms with Crippen molar-refractivity contribution in [1.82, 2.24) is 0 Å². The van der Waals surface area contributed by atoms with Crippen molar-refractivity contribution in [3.05, 3.63) is 65.0 Å². The molecule has 2 saturated carbocycles. The highest BCUT2D eigenvalue weighted by Crippen LogP contribution is 2.44. The van der Waals surface area contributed by atoms with Gasteiger partial charge in [0, 0.05) is 13.7 Å². The molecule has 0 radical (unpaired) electrons. The lowest BCUT2D eigenvalue weighted by Crippen LogP contribution is -2.26. The average molecular weight is 495 g/mol. The lowest BCUT2D eigenvalue weighted by molar-refractivity contribution is 0.0968. The first kappa shape index (κ1) is 26.6. The molecule has 0 atom stereocenters. The Labute approximate surface area is 216 Å². The summed E-state index contributed by atoms with van der Waals surface area (Å²) in [6, 6.07) is 16.7. The van der Waals surface area contributed by atoms with Gasteiger partial charge in [-0.25, -0.2) is 4.39 Å². The zero-order chi connectivity index (χ0) is 24.5. The molecule has 3 heteroatoms. The van der Waals surface area contributed by atoms with Crippen LogP contribution in [0.15, 0.2) is 42.5 Å². The number of rotatable bonds is 11. The van der Waals surface area contributed by atoms with E-state index >= 15 is 4.39 Å². The monoisotopic (exact) mass is 494 g/mol. The van der Waals surface area contributed by atoms with E-state index in [-0.39, 0.29) is 15.3 Å². The Morgan fingerprint density at radius 3 is 2.17 bits per heavy atom. The van der Waals surface area contributed by atoms with Crippen molar-refractivity contribution < 1.29 is 9.13 Å². The van der Waals surface area contributed by atoms with Crippen molar-refractivity contribution >= 4 is 14.7 Å². The van der Waals surface area contributed by atoms with Crippen LogP contribution in [0.3, 0.4) is 0 Å². The SMILES string of the molecule is CCCC[SiH2]c1ccc(CCc2ccc(C3CCC(C4CCC(COC)CC4)CC3)cc2F)cc1. The third-order valence-electron chi connectivity index (χ3n) is 9.06. The average Bonchev–Trinajstić information content (AvgIpc) is 2.90. The zero-order valence-electron chi connectivity index (χ0n) is 22.2. The molecule has 0 amide bonds. The van der Waals surface area contributed by atoms with Gasteiger partial charge in [-0.2, -0.15) is 0 Å². The van der Waals surface area contributed by atoms with Crippen LogP contribution in [0.2, 0.25) is 6.04 Å². The molecule has 1 nitrogen and oxygen atoms in total. The van der Waals surface area contributed by atoms with E-state index in [1.807, 2.05) is 13.2 Å². The molecule has 0 aliphatic heterocycles. The molecule has 2 aliphatic rings. The summed E-state index contributed by atoms with van der Waals surface area (Å²) < 4.78 is 20.4. The molecule has 2 fully saturated rings. The van der Waals surface area contributed by atoms with E-state index in [0.29, 0.717) is 5.92 Å². The number of benzene rings is 2. The van der Waals surface area contributed by atoms with E-state index in [1.54, 1.807) is 5.19 Å². The molecule has 192 valence electrons. The van der Waals surface area contributed by atoms with Gasteiger partial charge in [0.2, 0.25) is 0 Å². The Morgan fingerprint density at radius 1 is 0.857 bits per heavy atom. The second-order valence-corrected chi connectivity index (χ2v) is 13.5. The second kappa shape index (κ2) is 13.7. The van der Waals surface area contributed by atoms with Crippen LogP contribution >= 0.6 is 0 Å². The van der Waals surface area contributed by atoms with Gasteiger partial charge in [-0.3, -0.25) is 0 Å². The summed E-state index contributed by atoms with van der Waals surface area (Å²) >= 11 is 0. The molecule has 2 aromatic carbocycles. The highest BCUT2D eigenvalue weighted by Gasteiger charge is 2.31. The van der Waals surface area contributed by atoms with Gasteiger partial charge < -0.3 is 4.74 Å². The summed E-state index contributed by atoms with van der Waals surface area (Å²) in [5.74, 6) is 3.13. The van der Waals surface area contributed by atoms with Crippen molar-refractivity contribution in [3.8, 4) is 0 Å². The number of aryl methyl sites for hydroxylation is 2. The second-order valence-electron chi connectivity index (χ2n) is 11.5. The van der Waals surface area contributed by atoms with Crippen molar-refractivity contribution in [1.29, 1.82) is 0 Å². The fourth-order valence-electron chi connectivity index (χ4n) is 6.74. The van der Waals surface area contributed by atoms with Crippen LogP contribution in [-0.4, -0.2) is 23.2 Å². The molecule has 0 bridgehead atoms. The standard InChI is InChI=1S/C32H47FOSi/c1-3-4-21-35-31-19-8-24(9-20-31)5-12-29-17-18-30(22-32(29)33)28-15-13-27(14-16-28)26-10-6-25(7-11-26)23-34-2/h8-9,17-20,22,25-28H,3-7,10-16,21,23,35H2,1-2H3. The normalized spacial score (nSPS) is 25.3. The molecule has 0 aromatic heterocycles. The first-order valence-electron chi connectivity index (χ1n) is 14.5. The Morgan fingerprint density at radius 2 is 1.54 bits per heavy atom. The van der Waals surface area contributed by atoms with Gasteiger partial charge in [0.15, 0.2) is 0 Å². The molecule has 0 heterocycles. The minimum atomic E-state index is -0.103. The van der Waals surface area contributed by atoms with Crippen LogP contribution in [-0.2, 0) is 17.6 Å². The van der Waals surface area contributed by atoms with E-state index in [4.69, 9.17) is 4.74 Å². The van der Waals surface area contributed by atoms with Crippen LogP contribution < -0.4 is 5.19 Å². The van der Waals surface area contributed by atoms with Gasteiger partial charge in [0.25, 0.3) is 0 Å². The van der Waals surface area contributed by atoms with Crippen LogP contribution in [0.1, 0.15) is 93.7 Å². The van der Waals surface area contributed by atoms with Crippen LogP contribution in [0.4, 0.5) is 4.39 Å². The first-order chi connectivity index (χ1) is 17.2. The summed E-state index contributed by atoms with van der Waals surface area (Å²) in [5.41, 5.74) is 3.43. The number of methoxy groups -OCH3 is 1. The Bertz CT molecular complexity index is 879. The van der Waals surface area contributed by atoms with E-state index < -0.39 is 0 Å². The molecular weight excluding hydrogens is 447 g/mol. The highest BCUT2D eigenvalue weighted by molar-refractivity contribution is 6.53. The van der Waals surface area contributed by atoms with Crippen molar-refractivity contribution in [2.45, 2.75) is 95.9 Å². The van der Waals surface area contributed by atoms with E-state index in [0.717, 1.165) is 42.8 Å². The molecule has 35 heavy (non-hydrogen) atoms. The minimum absolute atomic E-state index is 0.00434. The third kappa shape index (κ3) is 7.76. The van der Waals surface area contributed by atoms with Crippen LogP contribution in [0.5, 0.6) is 0 Å². The fraction of sp³-hybridized carbons (Fsp3) is 0.625. The summed E-state index contributed by atoms with van der Waals surface area (Å²) in [5, 5.41) is 1.56. The Hall–Kier alpha value is -1.45. The number of hydrogen-bond donors (Lipinski definition) is 0. The number of ether oxygens (including phenoxy) is 1. The lowest BCUT2D eigenvalue weighted by atomic mass is 9.68. The largest absolute Gasteiger partial charge is 0.384 e. The van der Waals surface area contributed by atoms with Crippen molar-refractivity contribution in [2.24, 2.45) is 17.8 Å². The van der Waals surface area contributed by atoms with Gasteiger partial charge in [0.1, 0.15) is 5.82 Å². The maximum Gasteiger partial charge on any atom is 0.126 e. The Balaban J connectivity index is 1.23. The summed E-state index contributed by atoms with van der Waals surface area (Å²) in [7, 11) is 1.73. The van der Waals surface area contributed by atoms with E-state index in [2.05, 4.69) is 43.3 Å². The highest BCUT2D eigenvalue weighted by atomic mass is 28.2. The molecule has 0 unspecified atom stereocenters. The molecule has 2 aromatic rings. The van der Waals surface area contributed by atoms with Gasteiger partial charge >= 0.3 is 0 Å². The third-order valence-corrected chi connectivity index (χ3v) is 11.0. The van der Waals surface area contributed by atoms with Gasteiger partial charge in [-0.05, 0) is 111 Å². The number of unbranched alkanes of at least 4 members (excludes halogenated alkanes) is 1. The zero-order valence-corrected chi connectivity index (χ0v) is 23.7. The van der Waals surface area contributed by atoms with Gasteiger partial charge in [-0.15, -0.1) is 0 Å². The first-order valence-corrected chi connectivity index (χ1v) is 16.2. The predicted molar refractivity (Wildman–Crippen MR) is 150 cm³/mol. The predicted octanol–water partition coefficient (Wildman–Crippen LogP) is 7.35. The molecular formula is C32H47FOSi. The van der Waals surface area contributed by atoms with Gasteiger partial charge in [0.05, 0.1) is 9.52 Å². The quantitative estimate of drug-likeness (QED) is 0.234. The molecule has 0 spiro atoms. The maximum atomic E-state index is 15.0. The van der Waals surface area contributed by atoms with E-state index in [9.17, 15) is 0 Å². The topological polar surface area (TPSA) is 9.23 Å². The summed E-state index contributed by atoms with van der Waals surface area (Å²) in [6.07, 6.45) is 14.9. The van der Waals surface area contributed by atoms with Crippen molar-refractivity contribution in [2.75, 3.05) is 13.7 Å². The molecule has 4 rings (SSSR count). The lowest BCUT2D eigenvalue weighted by Gasteiger charge is -2.38. The van der Waals surface area contributed by atoms with E-state index in [1.165, 1.54) is 81.4 Å². The molecule has 2 aliphatic carbocycles. The fourth-order valence-corrected chi connectivity index (χ4v) is 8.46. The smallest absolute Gasteiger partial charge is 0.126 e. The molecule has 0 saturated heterocycles. The van der Waals surface area contributed by atoms with Crippen molar-refractivity contribution in [3.63, 3.8) is 0 Å². The maximum absolute atomic E-state index is 15.0. The summed E-state index contributed by atoms with van der Waals surface area (Å²) in [6.45, 7) is 3.21. The minimum Gasteiger partial charge on any atom is -0.384 e.